The van der Waals surface area contributed by atoms with Gasteiger partial charge in [0.15, 0.2) is 0 Å². The van der Waals surface area contributed by atoms with Crippen LogP contribution in [0, 0.1) is 0 Å². The highest BCUT2D eigenvalue weighted by Crippen LogP contribution is 2.27. The fraction of sp³-hybridized carbons (Fsp3) is 0.0714. The molecule has 5 aromatic rings. The van der Waals surface area contributed by atoms with Crippen LogP contribution in [0.25, 0.3) is 21.7 Å². The van der Waals surface area contributed by atoms with E-state index in [2.05, 4.69) is 61.5 Å². The van der Waals surface area contributed by atoms with Crippen LogP contribution in [0.1, 0.15) is 16.7 Å². The first kappa shape index (κ1) is 21.2. The minimum Gasteiger partial charge on any atom is -0.342 e. The summed E-state index contributed by atoms with van der Waals surface area (Å²) in [4.78, 5) is 12.6. The summed E-state index contributed by atoms with van der Waals surface area (Å²) in [6.07, 6.45) is 4.07. The van der Waals surface area contributed by atoms with Crippen molar-refractivity contribution in [3.63, 3.8) is 0 Å². The van der Waals surface area contributed by atoms with Gasteiger partial charge in [0.1, 0.15) is 0 Å². The molecule has 0 aliphatic carbocycles. The Hall–Kier alpha value is -3.70. The highest BCUT2D eigenvalue weighted by molar-refractivity contribution is 9.10. The second-order valence-electron chi connectivity index (χ2n) is 7.94. The number of fused-ring (bicyclic) bond motifs is 2. The molecule has 5 rings (SSSR count). The largest absolute Gasteiger partial charge is 0.342 e. The Kier molecular flexibility index (Phi) is 6.05. The quantitative estimate of drug-likeness (QED) is 0.218. The molecule has 0 fully saturated rings. The van der Waals surface area contributed by atoms with Gasteiger partial charge in [0, 0.05) is 33.7 Å². The van der Waals surface area contributed by atoms with Crippen molar-refractivity contribution in [1.29, 1.82) is 0 Å². The Morgan fingerprint density at radius 2 is 1.55 bits per heavy atom. The average molecular weight is 496 g/mol. The maximum atomic E-state index is 12.6. The van der Waals surface area contributed by atoms with Gasteiger partial charge in [0.25, 0.3) is 0 Å². The first-order chi connectivity index (χ1) is 16.2. The molecule has 5 heteroatoms. The number of amides is 1. The average Bonchev–Trinajstić information content (AvgIpc) is 3.19. The first-order valence-corrected chi connectivity index (χ1v) is 11.6. The molecule has 1 N–H and O–H groups in total. The van der Waals surface area contributed by atoms with E-state index in [-0.39, 0.29) is 12.3 Å². The minimum absolute atomic E-state index is 0.147. The zero-order chi connectivity index (χ0) is 22.6. The van der Waals surface area contributed by atoms with Gasteiger partial charge >= 0.3 is 0 Å². The van der Waals surface area contributed by atoms with Gasteiger partial charge in [0.05, 0.1) is 12.6 Å². The van der Waals surface area contributed by atoms with Crippen LogP contribution in [0.15, 0.2) is 107 Å². The highest BCUT2D eigenvalue weighted by Gasteiger charge is 2.10. The maximum absolute atomic E-state index is 12.6. The highest BCUT2D eigenvalue weighted by atomic mass is 79.9. The molecule has 0 unspecified atom stereocenters. The van der Waals surface area contributed by atoms with Crippen LogP contribution < -0.4 is 5.43 Å². The van der Waals surface area contributed by atoms with Crippen molar-refractivity contribution >= 4 is 49.7 Å². The molecule has 0 aliphatic heterocycles. The zero-order valence-corrected chi connectivity index (χ0v) is 19.5. The second-order valence-corrected chi connectivity index (χ2v) is 8.79. The van der Waals surface area contributed by atoms with Crippen LogP contribution in [0.4, 0.5) is 0 Å². The molecule has 0 atom stereocenters. The fourth-order valence-corrected chi connectivity index (χ4v) is 4.63. The van der Waals surface area contributed by atoms with Crippen molar-refractivity contribution in [3.05, 3.63) is 118 Å². The van der Waals surface area contributed by atoms with E-state index >= 15 is 0 Å². The smallest absolute Gasteiger partial charge is 0.244 e. The Morgan fingerprint density at radius 3 is 2.36 bits per heavy atom. The van der Waals surface area contributed by atoms with Gasteiger partial charge in [-0.3, -0.25) is 4.79 Å². The summed E-state index contributed by atoms with van der Waals surface area (Å²) < 4.78 is 3.23. The lowest BCUT2D eigenvalue weighted by Crippen LogP contribution is -2.19. The van der Waals surface area contributed by atoms with Gasteiger partial charge < -0.3 is 4.57 Å². The van der Waals surface area contributed by atoms with Crippen molar-refractivity contribution in [2.24, 2.45) is 5.10 Å². The molecule has 0 saturated heterocycles. The zero-order valence-electron chi connectivity index (χ0n) is 17.9. The number of hydrogen-bond acceptors (Lipinski definition) is 2. The molecule has 162 valence electrons. The third-order valence-corrected chi connectivity index (χ3v) is 6.41. The predicted molar refractivity (Wildman–Crippen MR) is 139 cm³/mol. The molecular formula is C28H22BrN3O. The second kappa shape index (κ2) is 9.43. The topological polar surface area (TPSA) is 46.4 Å². The van der Waals surface area contributed by atoms with E-state index < -0.39 is 0 Å². The van der Waals surface area contributed by atoms with Crippen molar-refractivity contribution in [1.82, 2.24) is 9.99 Å². The summed E-state index contributed by atoms with van der Waals surface area (Å²) in [7, 11) is 0. The molecule has 1 heterocycles. The summed E-state index contributed by atoms with van der Waals surface area (Å²) in [6.45, 7) is 0.776. The number of benzene rings is 4. The number of carbonyl (C=O) groups excluding carboxylic acids is 1. The Morgan fingerprint density at radius 1 is 0.848 bits per heavy atom. The number of halogens is 1. The van der Waals surface area contributed by atoms with Crippen LogP contribution >= 0.6 is 15.9 Å². The standard InChI is InChI=1S/C28H22BrN3O/c29-26-15-14-21(23-10-4-5-12-25(23)26)16-28(33)31-30-17-22-19-32(18-20-8-2-1-3-9-20)27-13-7-6-11-24(22)27/h1-15,17,19H,16,18H2,(H,31,33). The van der Waals surface area contributed by atoms with Crippen molar-refractivity contribution in [3.8, 4) is 0 Å². The molecule has 0 bridgehead atoms. The Bertz CT molecular complexity index is 1470. The molecule has 0 spiro atoms. The summed E-state index contributed by atoms with van der Waals surface area (Å²) in [6, 6.07) is 30.6. The van der Waals surface area contributed by atoms with E-state index in [1.54, 1.807) is 6.21 Å². The van der Waals surface area contributed by atoms with Crippen LogP contribution in [0.2, 0.25) is 0 Å². The van der Waals surface area contributed by atoms with E-state index in [1.165, 1.54) is 5.56 Å². The Labute approximate surface area is 200 Å². The van der Waals surface area contributed by atoms with Crippen LogP contribution in [-0.2, 0) is 17.8 Å². The molecule has 0 saturated carbocycles. The molecular weight excluding hydrogens is 474 g/mol. The summed E-state index contributed by atoms with van der Waals surface area (Å²) >= 11 is 3.58. The molecule has 33 heavy (non-hydrogen) atoms. The van der Waals surface area contributed by atoms with Gasteiger partial charge in [-0.25, -0.2) is 5.43 Å². The van der Waals surface area contributed by atoms with E-state index in [0.29, 0.717) is 0 Å². The molecule has 1 amide bonds. The van der Waals surface area contributed by atoms with Gasteiger partial charge in [-0.15, -0.1) is 0 Å². The van der Waals surface area contributed by atoms with Crippen molar-refractivity contribution in [2.45, 2.75) is 13.0 Å². The number of carbonyl (C=O) groups is 1. The van der Waals surface area contributed by atoms with Crippen molar-refractivity contribution in [2.75, 3.05) is 0 Å². The third-order valence-electron chi connectivity index (χ3n) is 5.72. The van der Waals surface area contributed by atoms with Gasteiger partial charge in [0.2, 0.25) is 5.91 Å². The van der Waals surface area contributed by atoms with E-state index in [9.17, 15) is 4.79 Å². The third kappa shape index (κ3) is 4.59. The number of hydrazone groups is 1. The van der Waals surface area contributed by atoms with E-state index in [0.717, 1.165) is 43.8 Å². The maximum Gasteiger partial charge on any atom is 0.244 e. The number of rotatable bonds is 6. The number of nitrogens with zero attached hydrogens (tertiary/aromatic N) is 2. The number of para-hydroxylation sites is 1. The monoisotopic (exact) mass is 495 g/mol. The van der Waals surface area contributed by atoms with Crippen LogP contribution in [0.3, 0.4) is 0 Å². The predicted octanol–water partition coefficient (Wildman–Crippen LogP) is 6.30. The van der Waals surface area contributed by atoms with Crippen molar-refractivity contribution < 1.29 is 4.79 Å². The van der Waals surface area contributed by atoms with Gasteiger partial charge in [-0.2, -0.15) is 5.10 Å². The van der Waals surface area contributed by atoms with Gasteiger partial charge in [-0.05, 0) is 34.0 Å². The SMILES string of the molecule is O=C(Cc1ccc(Br)c2ccccc12)NN=Cc1cn(Cc2ccccc2)c2ccccc12. The number of nitrogens with one attached hydrogen (secondary N) is 1. The first-order valence-electron chi connectivity index (χ1n) is 10.8. The lowest BCUT2D eigenvalue weighted by atomic mass is 10.0. The molecule has 4 aromatic carbocycles. The summed E-state index contributed by atoms with van der Waals surface area (Å²) in [5, 5.41) is 7.52. The lowest BCUT2D eigenvalue weighted by molar-refractivity contribution is -0.120. The van der Waals surface area contributed by atoms with Gasteiger partial charge in [-0.1, -0.05) is 94.8 Å². The number of aromatic nitrogens is 1. The summed E-state index contributed by atoms with van der Waals surface area (Å²) in [5.41, 5.74) is 7.00. The Balaban J connectivity index is 1.33. The molecule has 4 nitrogen and oxygen atoms in total. The van der Waals surface area contributed by atoms with Crippen LogP contribution in [-0.4, -0.2) is 16.7 Å². The summed E-state index contributed by atoms with van der Waals surface area (Å²) in [5.74, 6) is -0.147. The fourth-order valence-electron chi connectivity index (χ4n) is 4.15. The molecule has 0 aliphatic rings. The van der Waals surface area contributed by atoms with Crippen LogP contribution in [0.5, 0.6) is 0 Å². The lowest BCUT2D eigenvalue weighted by Gasteiger charge is -2.07. The molecule has 1 aromatic heterocycles. The van der Waals surface area contributed by atoms with E-state index in [1.807, 2.05) is 66.7 Å². The minimum atomic E-state index is -0.147. The number of hydrogen-bond donors (Lipinski definition) is 1. The molecule has 0 radical (unpaired) electrons. The van der Waals surface area contributed by atoms with E-state index in [4.69, 9.17) is 0 Å². The normalized spacial score (nSPS) is 11.4.